The second-order valence-corrected chi connectivity index (χ2v) is 6.06. The Balaban J connectivity index is 1.79. The van der Waals surface area contributed by atoms with Crippen LogP contribution < -0.4 is 10.2 Å². The Labute approximate surface area is 124 Å². The number of hydrogen-bond acceptors (Lipinski definition) is 5. The summed E-state index contributed by atoms with van der Waals surface area (Å²) in [7, 11) is 0. The highest BCUT2D eigenvalue weighted by atomic mass is 16.5. The zero-order chi connectivity index (χ0) is 14.8. The molecule has 1 amide bonds. The quantitative estimate of drug-likeness (QED) is 0.899. The van der Waals surface area contributed by atoms with Crippen LogP contribution in [0, 0.1) is 5.92 Å². The van der Waals surface area contributed by atoms with E-state index in [1.54, 1.807) is 18.5 Å². The molecule has 0 unspecified atom stereocenters. The molecule has 3 heterocycles. The highest BCUT2D eigenvalue weighted by molar-refractivity contribution is 5.80. The Morgan fingerprint density at radius 3 is 2.90 bits per heavy atom. The summed E-state index contributed by atoms with van der Waals surface area (Å²) in [6, 6.07) is 2.25. The maximum absolute atomic E-state index is 12.3. The number of nitrogens with one attached hydrogen (secondary N) is 1. The van der Waals surface area contributed by atoms with Gasteiger partial charge in [0.1, 0.15) is 0 Å². The molecule has 2 aliphatic heterocycles. The Kier molecular flexibility index (Phi) is 4.05. The first kappa shape index (κ1) is 14.3. The third-order valence-electron chi connectivity index (χ3n) is 4.12. The fraction of sp³-hybridized carbons (Fsp3) is 0.667. The minimum atomic E-state index is -0.0736. The lowest BCUT2D eigenvalue weighted by atomic mass is 9.89. The van der Waals surface area contributed by atoms with Gasteiger partial charge in [-0.05, 0) is 32.8 Å². The summed E-state index contributed by atoms with van der Waals surface area (Å²) in [5.74, 6) is 0.718. The van der Waals surface area contributed by atoms with Crippen molar-refractivity contribution in [3.63, 3.8) is 0 Å². The van der Waals surface area contributed by atoms with E-state index in [4.69, 9.17) is 4.74 Å². The number of anilines is 1. The van der Waals surface area contributed by atoms with Gasteiger partial charge in [-0.25, -0.2) is 9.97 Å². The average molecular weight is 290 g/mol. The molecule has 3 rings (SSSR count). The number of fused-ring (bicyclic) bond motifs is 1. The van der Waals surface area contributed by atoms with Crippen LogP contribution in [-0.4, -0.2) is 47.2 Å². The first-order chi connectivity index (χ1) is 10.1. The molecule has 0 spiro atoms. The number of amides is 1. The van der Waals surface area contributed by atoms with Crippen LogP contribution in [0.5, 0.6) is 0 Å². The molecule has 1 aromatic heterocycles. The number of ether oxygens (including phenoxy) is 1. The SMILES string of the molecule is CC(C)NC(=O)[C@H]1C[C@H]2OCC[C@H]2N(c2ncccn2)C1. The third kappa shape index (κ3) is 3.00. The predicted molar refractivity (Wildman–Crippen MR) is 78.9 cm³/mol. The van der Waals surface area contributed by atoms with E-state index in [2.05, 4.69) is 20.2 Å². The van der Waals surface area contributed by atoms with Crippen LogP contribution in [0.1, 0.15) is 26.7 Å². The molecular formula is C15H22N4O2. The summed E-state index contributed by atoms with van der Waals surface area (Å²) in [6.45, 7) is 5.37. The van der Waals surface area contributed by atoms with Gasteiger partial charge in [-0.3, -0.25) is 4.79 Å². The summed E-state index contributed by atoms with van der Waals surface area (Å²) in [5.41, 5.74) is 0. The van der Waals surface area contributed by atoms with Gasteiger partial charge in [-0.2, -0.15) is 0 Å². The molecule has 21 heavy (non-hydrogen) atoms. The number of hydrogen-bond donors (Lipinski definition) is 1. The summed E-state index contributed by atoms with van der Waals surface area (Å²) < 4.78 is 5.82. The first-order valence-electron chi connectivity index (χ1n) is 7.61. The van der Waals surface area contributed by atoms with Gasteiger partial charge in [-0.15, -0.1) is 0 Å². The Morgan fingerprint density at radius 2 is 2.19 bits per heavy atom. The van der Waals surface area contributed by atoms with Crippen molar-refractivity contribution >= 4 is 11.9 Å². The molecule has 0 aliphatic carbocycles. The fourth-order valence-corrected chi connectivity index (χ4v) is 3.21. The number of carbonyl (C=O) groups is 1. The Hall–Kier alpha value is -1.69. The summed E-state index contributed by atoms with van der Waals surface area (Å²) >= 11 is 0. The van der Waals surface area contributed by atoms with Gasteiger partial charge in [0.15, 0.2) is 0 Å². The van der Waals surface area contributed by atoms with Crippen LogP contribution in [0.2, 0.25) is 0 Å². The molecule has 6 nitrogen and oxygen atoms in total. The lowest BCUT2D eigenvalue weighted by Crippen LogP contribution is -2.54. The summed E-state index contributed by atoms with van der Waals surface area (Å²) in [4.78, 5) is 23.2. The third-order valence-corrected chi connectivity index (χ3v) is 4.12. The average Bonchev–Trinajstić information content (AvgIpc) is 2.94. The lowest BCUT2D eigenvalue weighted by molar-refractivity contribution is -0.127. The van der Waals surface area contributed by atoms with Crippen molar-refractivity contribution in [2.24, 2.45) is 5.92 Å². The maximum atomic E-state index is 12.3. The van der Waals surface area contributed by atoms with Crippen molar-refractivity contribution in [1.82, 2.24) is 15.3 Å². The predicted octanol–water partition coefficient (Wildman–Crippen LogP) is 0.985. The van der Waals surface area contributed by atoms with Gasteiger partial charge in [0.25, 0.3) is 0 Å². The maximum Gasteiger partial charge on any atom is 0.225 e. The molecule has 2 aliphatic rings. The first-order valence-corrected chi connectivity index (χ1v) is 7.61. The molecular weight excluding hydrogens is 268 g/mol. The monoisotopic (exact) mass is 290 g/mol. The number of piperidine rings is 1. The smallest absolute Gasteiger partial charge is 0.225 e. The molecule has 6 heteroatoms. The zero-order valence-corrected chi connectivity index (χ0v) is 12.5. The van der Waals surface area contributed by atoms with Crippen LogP contribution in [0.3, 0.4) is 0 Å². The number of nitrogens with zero attached hydrogens (tertiary/aromatic N) is 3. The van der Waals surface area contributed by atoms with Crippen LogP contribution >= 0.6 is 0 Å². The number of rotatable bonds is 3. The van der Waals surface area contributed by atoms with Crippen molar-refractivity contribution in [3.05, 3.63) is 18.5 Å². The second-order valence-electron chi connectivity index (χ2n) is 6.06. The van der Waals surface area contributed by atoms with Crippen molar-refractivity contribution < 1.29 is 9.53 Å². The Bertz CT molecular complexity index is 494. The molecule has 2 fully saturated rings. The van der Waals surface area contributed by atoms with Crippen molar-refractivity contribution in [3.8, 4) is 0 Å². The van der Waals surface area contributed by atoms with E-state index in [9.17, 15) is 4.79 Å². The molecule has 0 bridgehead atoms. The van der Waals surface area contributed by atoms with Gasteiger partial charge in [0.2, 0.25) is 11.9 Å². The van der Waals surface area contributed by atoms with E-state index in [1.165, 1.54) is 0 Å². The van der Waals surface area contributed by atoms with Crippen LogP contribution in [0.15, 0.2) is 18.5 Å². The van der Waals surface area contributed by atoms with Crippen molar-refractivity contribution in [1.29, 1.82) is 0 Å². The van der Waals surface area contributed by atoms with Crippen LogP contribution in [0.25, 0.3) is 0 Å². The van der Waals surface area contributed by atoms with Crippen molar-refractivity contribution in [2.45, 2.75) is 44.9 Å². The minimum Gasteiger partial charge on any atom is -0.376 e. The summed E-state index contributed by atoms with van der Waals surface area (Å²) in [5, 5.41) is 3.00. The molecule has 1 N–H and O–H groups in total. The highest BCUT2D eigenvalue weighted by Crippen LogP contribution is 2.33. The van der Waals surface area contributed by atoms with Gasteiger partial charge in [-0.1, -0.05) is 0 Å². The topological polar surface area (TPSA) is 67.3 Å². The normalized spacial score (nSPS) is 28.5. The number of aromatic nitrogens is 2. The number of carbonyl (C=O) groups excluding carboxylic acids is 1. The molecule has 0 aromatic carbocycles. The van der Waals surface area contributed by atoms with E-state index in [0.717, 1.165) is 19.4 Å². The van der Waals surface area contributed by atoms with E-state index in [-0.39, 0.29) is 30.0 Å². The van der Waals surface area contributed by atoms with Gasteiger partial charge < -0.3 is 15.0 Å². The molecule has 114 valence electrons. The molecule has 2 saturated heterocycles. The van der Waals surface area contributed by atoms with E-state index < -0.39 is 0 Å². The van der Waals surface area contributed by atoms with Gasteiger partial charge >= 0.3 is 0 Å². The Morgan fingerprint density at radius 1 is 1.43 bits per heavy atom. The zero-order valence-electron chi connectivity index (χ0n) is 12.5. The van der Waals surface area contributed by atoms with E-state index >= 15 is 0 Å². The minimum absolute atomic E-state index is 0.0736. The van der Waals surface area contributed by atoms with Gasteiger partial charge in [0, 0.05) is 31.6 Å². The second kappa shape index (κ2) is 5.97. The standard InChI is InChI=1S/C15H22N4O2/c1-10(2)18-14(20)11-8-13-12(4-7-21-13)19(9-11)15-16-5-3-6-17-15/h3,5-6,10-13H,4,7-9H2,1-2H3,(H,18,20)/t11-,12+,13+/m0/s1. The molecule has 3 atom stereocenters. The highest BCUT2D eigenvalue weighted by Gasteiger charge is 2.43. The summed E-state index contributed by atoms with van der Waals surface area (Å²) in [6.07, 6.45) is 5.34. The largest absolute Gasteiger partial charge is 0.376 e. The van der Waals surface area contributed by atoms with E-state index in [1.807, 2.05) is 13.8 Å². The molecule has 0 radical (unpaired) electrons. The fourth-order valence-electron chi connectivity index (χ4n) is 3.21. The van der Waals surface area contributed by atoms with Gasteiger partial charge in [0.05, 0.1) is 18.1 Å². The van der Waals surface area contributed by atoms with Crippen LogP contribution in [0.4, 0.5) is 5.95 Å². The van der Waals surface area contributed by atoms with Crippen LogP contribution in [-0.2, 0) is 9.53 Å². The van der Waals surface area contributed by atoms with E-state index in [0.29, 0.717) is 12.5 Å². The lowest BCUT2D eigenvalue weighted by Gasteiger charge is -2.40. The van der Waals surface area contributed by atoms with Crippen molar-refractivity contribution in [2.75, 3.05) is 18.1 Å². The molecule has 1 aromatic rings. The molecule has 0 saturated carbocycles.